The first-order valence-electron chi connectivity index (χ1n) is 9.65. The third-order valence-corrected chi connectivity index (χ3v) is 7.44. The fourth-order valence-electron chi connectivity index (χ4n) is 4.17. The van der Waals surface area contributed by atoms with Gasteiger partial charge in [0, 0.05) is 10.9 Å². The van der Waals surface area contributed by atoms with Crippen LogP contribution in [-0.2, 0) is 12.8 Å². The molecular weight excluding hydrogens is 388 g/mol. The Labute approximate surface area is 174 Å². The molecule has 6 heteroatoms. The second kappa shape index (κ2) is 6.85. The van der Waals surface area contributed by atoms with Gasteiger partial charge in [0.05, 0.1) is 18.2 Å². The van der Waals surface area contributed by atoms with Gasteiger partial charge < -0.3 is 9.72 Å². The van der Waals surface area contributed by atoms with Crippen molar-refractivity contribution in [2.24, 2.45) is 11.3 Å². The summed E-state index contributed by atoms with van der Waals surface area (Å²) in [6.45, 7) is 8.91. The van der Waals surface area contributed by atoms with E-state index in [2.05, 4.69) is 25.8 Å². The number of hydrogen-bond donors (Lipinski definition) is 1. The van der Waals surface area contributed by atoms with Crippen molar-refractivity contribution in [2.45, 2.75) is 47.0 Å². The average Bonchev–Trinajstić information content (AvgIpc) is 2.99. The molecule has 1 aliphatic rings. The fraction of sp³-hybridized carbons (Fsp3) is 0.455. The van der Waals surface area contributed by atoms with Crippen LogP contribution in [0.4, 0.5) is 0 Å². The molecule has 0 saturated heterocycles. The normalized spacial score (nSPS) is 17.0. The van der Waals surface area contributed by atoms with Crippen LogP contribution in [-0.4, -0.2) is 16.7 Å². The highest BCUT2D eigenvalue weighted by atomic mass is 32.1. The summed E-state index contributed by atoms with van der Waals surface area (Å²) in [5.74, 6) is 1.35. The lowest BCUT2D eigenvalue weighted by Crippen LogP contribution is -2.27. The lowest BCUT2D eigenvalue weighted by Gasteiger charge is -2.33. The minimum Gasteiger partial charge on any atom is -0.497 e. The summed E-state index contributed by atoms with van der Waals surface area (Å²) < 4.78 is 7.41. The van der Waals surface area contributed by atoms with E-state index >= 15 is 0 Å². The summed E-state index contributed by atoms with van der Waals surface area (Å²) in [7, 11) is 1.63. The summed E-state index contributed by atoms with van der Waals surface area (Å²) in [5, 5.41) is 0.808. The first-order valence-corrected chi connectivity index (χ1v) is 10.9. The molecule has 1 N–H and O–H groups in total. The van der Waals surface area contributed by atoms with Crippen LogP contribution in [0.2, 0.25) is 0 Å². The minimum atomic E-state index is -0.0261. The summed E-state index contributed by atoms with van der Waals surface area (Å²) in [6, 6.07) is 5.73. The summed E-state index contributed by atoms with van der Waals surface area (Å²) >= 11 is 7.29. The largest absolute Gasteiger partial charge is 0.497 e. The van der Waals surface area contributed by atoms with E-state index in [0.29, 0.717) is 16.4 Å². The number of fused-ring (bicyclic) bond motifs is 3. The van der Waals surface area contributed by atoms with Gasteiger partial charge in [0.1, 0.15) is 10.6 Å². The number of ether oxygens (including phenoxy) is 1. The van der Waals surface area contributed by atoms with Crippen LogP contribution in [0.3, 0.4) is 0 Å². The Kier molecular flexibility index (Phi) is 4.74. The Hall–Kier alpha value is -1.92. The Morgan fingerprint density at radius 2 is 2.07 bits per heavy atom. The van der Waals surface area contributed by atoms with Crippen molar-refractivity contribution in [3.8, 4) is 11.4 Å². The minimum absolute atomic E-state index is 0.0261. The van der Waals surface area contributed by atoms with Crippen molar-refractivity contribution in [1.29, 1.82) is 0 Å². The second-order valence-corrected chi connectivity index (χ2v) is 10.2. The van der Waals surface area contributed by atoms with Crippen LogP contribution < -0.4 is 10.3 Å². The maximum atomic E-state index is 13.6. The molecule has 2 aromatic heterocycles. The molecule has 4 nitrogen and oxygen atoms in total. The van der Waals surface area contributed by atoms with E-state index in [4.69, 9.17) is 17.0 Å². The monoisotopic (exact) mass is 414 g/mol. The number of aromatic nitrogens is 2. The third-order valence-electron chi connectivity index (χ3n) is 5.99. The molecular formula is C22H26N2O2S2. The highest BCUT2D eigenvalue weighted by Crippen LogP contribution is 2.42. The molecule has 0 saturated carbocycles. The van der Waals surface area contributed by atoms with Gasteiger partial charge >= 0.3 is 0 Å². The maximum absolute atomic E-state index is 13.6. The number of methoxy groups -OCH3 is 1. The first-order chi connectivity index (χ1) is 13.2. The molecule has 0 unspecified atom stereocenters. The first kappa shape index (κ1) is 19.4. The van der Waals surface area contributed by atoms with E-state index in [0.717, 1.165) is 40.7 Å². The fourth-order valence-corrected chi connectivity index (χ4v) is 5.84. The van der Waals surface area contributed by atoms with Crippen LogP contribution in [0.15, 0.2) is 23.0 Å². The van der Waals surface area contributed by atoms with Crippen molar-refractivity contribution >= 4 is 33.8 Å². The number of aromatic amines is 1. The van der Waals surface area contributed by atoms with Crippen LogP contribution in [0.5, 0.6) is 5.75 Å². The molecule has 2 heterocycles. The number of aryl methyl sites for hydroxylation is 2. The van der Waals surface area contributed by atoms with Gasteiger partial charge in [-0.05, 0) is 66.9 Å². The molecule has 28 heavy (non-hydrogen) atoms. The number of rotatable bonds is 2. The Morgan fingerprint density at radius 1 is 1.32 bits per heavy atom. The highest BCUT2D eigenvalue weighted by Gasteiger charge is 2.31. The predicted molar refractivity (Wildman–Crippen MR) is 119 cm³/mol. The number of thiophene rings is 1. The Bertz CT molecular complexity index is 1180. The zero-order valence-electron chi connectivity index (χ0n) is 17.0. The van der Waals surface area contributed by atoms with Crippen LogP contribution in [0.25, 0.3) is 15.9 Å². The van der Waals surface area contributed by atoms with E-state index in [1.54, 1.807) is 23.0 Å². The zero-order valence-corrected chi connectivity index (χ0v) is 18.6. The SMILES string of the molecule is COc1ccc(C)c(-n2c(=S)[nH]c3sc4c(c3c2=O)CC[C@H](C(C)(C)C)C4)c1. The quantitative estimate of drug-likeness (QED) is 0.557. The third kappa shape index (κ3) is 3.12. The number of hydrogen-bond acceptors (Lipinski definition) is 4. The van der Waals surface area contributed by atoms with E-state index in [9.17, 15) is 4.79 Å². The molecule has 0 bridgehead atoms. The second-order valence-electron chi connectivity index (χ2n) is 8.74. The summed E-state index contributed by atoms with van der Waals surface area (Å²) in [4.78, 5) is 19.1. The lowest BCUT2D eigenvalue weighted by molar-refractivity contribution is 0.218. The van der Waals surface area contributed by atoms with Crippen molar-refractivity contribution in [2.75, 3.05) is 7.11 Å². The van der Waals surface area contributed by atoms with Crippen molar-refractivity contribution in [1.82, 2.24) is 9.55 Å². The van der Waals surface area contributed by atoms with Gasteiger partial charge in [0.15, 0.2) is 4.77 Å². The highest BCUT2D eigenvalue weighted by molar-refractivity contribution is 7.71. The molecule has 0 spiro atoms. The topological polar surface area (TPSA) is 47.0 Å². The molecule has 4 rings (SSSR count). The molecule has 0 fully saturated rings. The van der Waals surface area contributed by atoms with Gasteiger partial charge in [-0.1, -0.05) is 26.8 Å². The number of H-pyrrole nitrogens is 1. The number of nitrogens with zero attached hydrogens (tertiary/aromatic N) is 1. The van der Waals surface area contributed by atoms with Gasteiger partial charge in [-0.25, -0.2) is 0 Å². The van der Waals surface area contributed by atoms with Crippen LogP contribution in [0, 0.1) is 23.0 Å². The molecule has 0 aliphatic heterocycles. The molecule has 148 valence electrons. The van der Waals surface area contributed by atoms with Crippen molar-refractivity contribution in [3.05, 3.63) is 49.3 Å². The van der Waals surface area contributed by atoms with Gasteiger partial charge in [0.25, 0.3) is 5.56 Å². The predicted octanol–water partition coefficient (Wildman–Crippen LogP) is 5.58. The standard InChI is InChI=1S/C22H26N2O2S2/c1-12-6-8-14(26-5)11-16(12)24-20(25)18-15-9-7-13(22(2,3)4)10-17(15)28-19(18)23-21(24)27/h6,8,11,13H,7,9-10H2,1-5H3,(H,23,27)/t13-/m0/s1. The van der Waals surface area contributed by atoms with E-state index in [1.807, 2.05) is 25.1 Å². The lowest BCUT2D eigenvalue weighted by atomic mass is 9.72. The van der Waals surface area contributed by atoms with E-state index in [-0.39, 0.29) is 11.0 Å². The Morgan fingerprint density at radius 3 is 2.75 bits per heavy atom. The molecule has 0 amide bonds. The Balaban J connectivity index is 1.93. The summed E-state index contributed by atoms with van der Waals surface area (Å²) in [5.41, 5.74) is 3.22. The van der Waals surface area contributed by atoms with E-state index < -0.39 is 0 Å². The number of nitrogens with one attached hydrogen (secondary N) is 1. The van der Waals surface area contributed by atoms with Crippen LogP contribution in [0.1, 0.15) is 43.2 Å². The van der Waals surface area contributed by atoms with E-state index in [1.165, 1.54) is 10.4 Å². The maximum Gasteiger partial charge on any atom is 0.267 e. The molecule has 1 aliphatic carbocycles. The molecule has 1 aromatic carbocycles. The van der Waals surface area contributed by atoms with Gasteiger partial charge in [-0.2, -0.15) is 0 Å². The van der Waals surface area contributed by atoms with Gasteiger partial charge in [-0.15, -0.1) is 11.3 Å². The summed E-state index contributed by atoms with van der Waals surface area (Å²) in [6.07, 6.45) is 3.11. The zero-order chi connectivity index (χ0) is 20.2. The molecule has 3 aromatic rings. The number of benzene rings is 1. The smallest absolute Gasteiger partial charge is 0.267 e. The van der Waals surface area contributed by atoms with Crippen molar-refractivity contribution < 1.29 is 4.74 Å². The van der Waals surface area contributed by atoms with Crippen LogP contribution >= 0.6 is 23.6 Å². The average molecular weight is 415 g/mol. The van der Waals surface area contributed by atoms with Crippen molar-refractivity contribution in [3.63, 3.8) is 0 Å². The molecule has 1 atom stereocenters. The van der Waals surface area contributed by atoms with Gasteiger partial charge in [-0.3, -0.25) is 9.36 Å². The molecule has 0 radical (unpaired) electrons. The van der Waals surface area contributed by atoms with Gasteiger partial charge in [0.2, 0.25) is 0 Å².